The van der Waals surface area contributed by atoms with Crippen LogP contribution in [0.3, 0.4) is 0 Å². The second kappa shape index (κ2) is 7.45. The lowest BCUT2D eigenvalue weighted by Gasteiger charge is -2.15. The number of sulfonamides is 1. The smallest absolute Gasteiger partial charge is 0.208 e. The van der Waals surface area contributed by atoms with E-state index in [4.69, 9.17) is 23.2 Å². The van der Waals surface area contributed by atoms with Gasteiger partial charge >= 0.3 is 0 Å². The molecule has 2 aromatic carbocycles. The summed E-state index contributed by atoms with van der Waals surface area (Å²) in [6.45, 7) is 1.57. The normalized spacial score (nSPS) is 13.4. The minimum Gasteiger partial charge on any atom is -0.208 e. The molecule has 0 heterocycles. The van der Waals surface area contributed by atoms with E-state index in [9.17, 15) is 12.8 Å². The van der Waals surface area contributed by atoms with Crippen LogP contribution in [0.5, 0.6) is 0 Å². The molecule has 1 N–H and O–H groups in total. The van der Waals surface area contributed by atoms with E-state index >= 15 is 0 Å². The maximum atomic E-state index is 13.5. The Balaban J connectivity index is 2.17. The maximum absolute atomic E-state index is 13.5. The molecule has 0 radical (unpaired) electrons. The Morgan fingerprint density at radius 1 is 1.13 bits per heavy atom. The maximum Gasteiger partial charge on any atom is 0.234 e. The monoisotopic (exact) mass is 373 g/mol. The van der Waals surface area contributed by atoms with Gasteiger partial charge in [-0.3, -0.25) is 0 Å². The second-order valence-electron chi connectivity index (χ2n) is 4.89. The highest BCUT2D eigenvalue weighted by Gasteiger charge is 2.17. The summed E-state index contributed by atoms with van der Waals surface area (Å²) in [5.41, 5.74) is 1.06. The van der Waals surface area contributed by atoms with Crippen molar-refractivity contribution in [1.29, 1.82) is 0 Å². The van der Waals surface area contributed by atoms with Gasteiger partial charge in [-0.05, 0) is 36.3 Å². The van der Waals surface area contributed by atoms with Gasteiger partial charge < -0.3 is 0 Å². The van der Waals surface area contributed by atoms with Gasteiger partial charge in [0.15, 0.2) is 0 Å². The topological polar surface area (TPSA) is 46.2 Å². The molecule has 0 aliphatic rings. The fourth-order valence-electron chi connectivity index (χ4n) is 1.95. The number of benzene rings is 2. The predicted octanol–water partition coefficient (Wildman–Crippen LogP) is 4.78. The van der Waals surface area contributed by atoms with Gasteiger partial charge in [0, 0.05) is 16.5 Å². The van der Waals surface area contributed by atoms with E-state index < -0.39 is 21.9 Å². The molecule has 0 spiro atoms. The van der Waals surface area contributed by atoms with E-state index in [1.165, 1.54) is 12.1 Å². The molecule has 0 aliphatic heterocycles. The molecular formula is C16H14Cl2FNO2S. The van der Waals surface area contributed by atoms with Gasteiger partial charge in [-0.25, -0.2) is 17.5 Å². The Labute approximate surface area is 144 Å². The SMILES string of the molecule is C[C@H](NS(=O)(=O)/C=C/c1ccccc1)c1cc(F)c(Cl)cc1Cl. The highest BCUT2D eigenvalue weighted by atomic mass is 35.5. The minimum atomic E-state index is -3.71. The van der Waals surface area contributed by atoms with Gasteiger partial charge in [0.25, 0.3) is 0 Å². The van der Waals surface area contributed by atoms with Gasteiger partial charge in [-0.1, -0.05) is 53.5 Å². The van der Waals surface area contributed by atoms with Crippen molar-refractivity contribution >= 4 is 39.3 Å². The van der Waals surface area contributed by atoms with Crippen LogP contribution in [0.15, 0.2) is 47.9 Å². The van der Waals surface area contributed by atoms with Crippen LogP contribution in [0.2, 0.25) is 10.0 Å². The zero-order valence-corrected chi connectivity index (χ0v) is 14.5. The van der Waals surface area contributed by atoms with Crippen molar-refractivity contribution in [2.75, 3.05) is 0 Å². The largest absolute Gasteiger partial charge is 0.234 e. The van der Waals surface area contributed by atoms with Crippen molar-refractivity contribution in [2.45, 2.75) is 13.0 Å². The second-order valence-corrected chi connectivity index (χ2v) is 7.30. The summed E-state index contributed by atoms with van der Waals surface area (Å²) in [5, 5.41) is 1.13. The molecule has 0 aliphatic carbocycles. The van der Waals surface area contributed by atoms with Crippen LogP contribution in [-0.4, -0.2) is 8.42 Å². The average molecular weight is 374 g/mol. The molecule has 23 heavy (non-hydrogen) atoms. The summed E-state index contributed by atoms with van der Waals surface area (Å²) in [6.07, 6.45) is 1.47. The molecule has 0 aromatic heterocycles. The molecule has 122 valence electrons. The van der Waals surface area contributed by atoms with E-state index in [1.54, 1.807) is 31.2 Å². The first kappa shape index (κ1) is 17.9. The van der Waals surface area contributed by atoms with Crippen LogP contribution in [0.4, 0.5) is 4.39 Å². The molecule has 0 amide bonds. The van der Waals surface area contributed by atoms with Gasteiger partial charge in [0.2, 0.25) is 10.0 Å². The van der Waals surface area contributed by atoms with Crippen molar-refractivity contribution in [2.24, 2.45) is 0 Å². The lowest BCUT2D eigenvalue weighted by atomic mass is 10.1. The van der Waals surface area contributed by atoms with Gasteiger partial charge in [-0.15, -0.1) is 0 Å². The Morgan fingerprint density at radius 3 is 2.43 bits per heavy atom. The van der Waals surface area contributed by atoms with Crippen LogP contribution in [0, 0.1) is 5.82 Å². The number of hydrogen-bond acceptors (Lipinski definition) is 2. The van der Waals surface area contributed by atoms with E-state index in [0.717, 1.165) is 17.0 Å². The van der Waals surface area contributed by atoms with Crippen molar-refractivity contribution in [3.63, 3.8) is 0 Å². The number of rotatable bonds is 5. The van der Waals surface area contributed by atoms with Crippen LogP contribution >= 0.6 is 23.2 Å². The first-order chi connectivity index (χ1) is 10.8. The number of halogens is 3. The number of hydrogen-bond donors (Lipinski definition) is 1. The molecule has 7 heteroatoms. The molecular weight excluding hydrogens is 360 g/mol. The van der Waals surface area contributed by atoms with Crippen molar-refractivity contribution in [3.8, 4) is 0 Å². The quantitative estimate of drug-likeness (QED) is 0.766. The average Bonchev–Trinajstić information content (AvgIpc) is 2.49. The summed E-state index contributed by atoms with van der Waals surface area (Å²) in [6, 6.07) is 10.7. The molecule has 0 saturated heterocycles. The van der Waals surface area contributed by atoms with Gasteiger partial charge in [-0.2, -0.15) is 0 Å². The molecule has 0 saturated carbocycles. The lowest BCUT2D eigenvalue weighted by Crippen LogP contribution is -2.25. The predicted molar refractivity (Wildman–Crippen MR) is 92.4 cm³/mol. The molecule has 2 rings (SSSR count). The summed E-state index contributed by atoms with van der Waals surface area (Å²) >= 11 is 11.6. The van der Waals surface area contributed by atoms with Crippen molar-refractivity contribution in [3.05, 3.63) is 74.9 Å². The van der Waals surface area contributed by atoms with E-state index in [1.807, 2.05) is 6.07 Å². The molecule has 1 atom stereocenters. The van der Waals surface area contributed by atoms with E-state index in [-0.39, 0.29) is 10.0 Å². The van der Waals surface area contributed by atoms with E-state index in [2.05, 4.69) is 4.72 Å². The zero-order chi connectivity index (χ0) is 17.0. The third kappa shape index (κ3) is 5.04. The molecule has 0 fully saturated rings. The summed E-state index contributed by atoms with van der Waals surface area (Å²) in [5.74, 6) is -0.656. The van der Waals surface area contributed by atoms with Crippen molar-refractivity contribution < 1.29 is 12.8 Å². The lowest BCUT2D eigenvalue weighted by molar-refractivity contribution is 0.573. The van der Waals surface area contributed by atoms with Crippen LogP contribution in [0.25, 0.3) is 6.08 Å². The van der Waals surface area contributed by atoms with E-state index in [0.29, 0.717) is 5.56 Å². The Kier molecular flexibility index (Phi) is 5.81. The van der Waals surface area contributed by atoms with Crippen LogP contribution in [0.1, 0.15) is 24.1 Å². The fraction of sp³-hybridized carbons (Fsp3) is 0.125. The van der Waals surface area contributed by atoms with Gasteiger partial charge in [0.05, 0.1) is 5.02 Å². The first-order valence-electron chi connectivity index (χ1n) is 6.68. The first-order valence-corrected chi connectivity index (χ1v) is 8.98. The summed E-state index contributed by atoms with van der Waals surface area (Å²) in [4.78, 5) is 0. The van der Waals surface area contributed by atoms with Crippen LogP contribution < -0.4 is 4.72 Å². The Morgan fingerprint density at radius 2 is 1.78 bits per heavy atom. The van der Waals surface area contributed by atoms with Crippen LogP contribution in [-0.2, 0) is 10.0 Å². The van der Waals surface area contributed by atoms with Gasteiger partial charge in [0.1, 0.15) is 5.82 Å². The summed E-state index contributed by atoms with van der Waals surface area (Å²) in [7, 11) is -3.71. The summed E-state index contributed by atoms with van der Waals surface area (Å²) < 4.78 is 40.1. The minimum absolute atomic E-state index is 0.113. The Hall–Kier alpha value is -1.40. The molecule has 2 aromatic rings. The third-order valence-electron chi connectivity index (χ3n) is 3.09. The van der Waals surface area contributed by atoms with Crippen molar-refractivity contribution in [1.82, 2.24) is 4.72 Å². The Bertz CT molecular complexity index is 823. The zero-order valence-electron chi connectivity index (χ0n) is 12.1. The molecule has 0 bridgehead atoms. The molecule has 0 unspecified atom stereocenters. The highest BCUT2D eigenvalue weighted by Crippen LogP contribution is 2.29. The highest BCUT2D eigenvalue weighted by molar-refractivity contribution is 7.92. The number of nitrogens with one attached hydrogen (secondary N) is 1. The fourth-order valence-corrected chi connectivity index (χ4v) is 3.53. The standard InChI is InChI=1S/C16H14Cl2FNO2S/c1-11(13-9-16(19)15(18)10-14(13)17)20-23(21,22)8-7-12-5-3-2-4-6-12/h2-11,20H,1H3/b8-7+/t11-/m0/s1. The molecule has 3 nitrogen and oxygen atoms in total. The third-order valence-corrected chi connectivity index (χ3v) is 4.88.